The SMILES string of the molecule is CO[C@@H](CO[P@]1(=O)OC[C@H]2O[C@@H](N3C=CC(=O)CC3=O)[C@](C)(N)[C@@H]2O1)CC(=O)OC(C)C. The maximum atomic E-state index is 13.0. The lowest BCUT2D eigenvalue weighted by molar-refractivity contribution is -0.151. The van der Waals surface area contributed by atoms with Crippen LogP contribution in [0.25, 0.3) is 0 Å². The number of amides is 1. The number of rotatable bonds is 8. The molecule has 0 aliphatic carbocycles. The van der Waals surface area contributed by atoms with Gasteiger partial charge in [-0.25, -0.2) is 4.57 Å². The molecule has 0 bridgehead atoms. The predicted octanol–water partition coefficient (Wildman–Crippen LogP) is 0.641. The van der Waals surface area contributed by atoms with Crippen LogP contribution in [0.1, 0.15) is 33.6 Å². The Bertz CT molecular complexity index is 829. The number of esters is 1. The molecule has 3 aliphatic rings. The summed E-state index contributed by atoms with van der Waals surface area (Å²) in [6.07, 6.45) is -1.42. The molecule has 2 N–H and O–H groups in total. The summed E-state index contributed by atoms with van der Waals surface area (Å²) >= 11 is 0. The summed E-state index contributed by atoms with van der Waals surface area (Å²) in [6.45, 7) is 4.64. The van der Waals surface area contributed by atoms with E-state index in [9.17, 15) is 18.9 Å². The van der Waals surface area contributed by atoms with E-state index in [0.717, 1.165) is 0 Å². The maximum absolute atomic E-state index is 13.0. The van der Waals surface area contributed by atoms with Crippen LogP contribution in [0.5, 0.6) is 0 Å². The Hall–Kier alpha value is -1.66. The number of phosphoric acid groups is 1. The average molecular weight is 476 g/mol. The molecule has 2 fully saturated rings. The molecule has 0 saturated carbocycles. The molecule has 3 aliphatic heterocycles. The molecular formula is C19H29N2O10P. The van der Waals surface area contributed by atoms with Crippen molar-refractivity contribution in [3.63, 3.8) is 0 Å². The van der Waals surface area contributed by atoms with E-state index in [-0.39, 0.29) is 37.9 Å². The lowest BCUT2D eigenvalue weighted by atomic mass is 9.92. The zero-order valence-electron chi connectivity index (χ0n) is 18.4. The lowest BCUT2D eigenvalue weighted by Crippen LogP contribution is -2.60. The fraction of sp³-hybridized carbons (Fsp3) is 0.737. The quantitative estimate of drug-likeness (QED) is 0.298. The fourth-order valence-electron chi connectivity index (χ4n) is 3.64. The van der Waals surface area contributed by atoms with Crippen molar-refractivity contribution in [2.75, 3.05) is 20.3 Å². The van der Waals surface area contributed by atoms with Gasteiger partial charge in [-0.1, -0.05) is 0 Å². The minimum Gasteiger partial charge on any atom is -0.463 e. The van der Waals surface area contributed by atoms with E-state index < -0.39 is 49.8 Å². The Morgan fingerprint density at radius 2 is 2.12 bits per heavy atom. The summed E-state index contributed by atoms with van der Waals surface area (Å²) < 4.78 is 45.5. The van der Waals surface area contributed by atoms with E-state index in [1.807, 2.05) is 0 Å². The van der Waals surface area contributed by atoms with Crippen molar-refractivity contribution in [3.8, 4) is 0 Å². The molecule has 6 atom stereocenters. The molecular weight excluding hydrogens is 447 g/mol. The van der Waals surface area contributed by atoms with Crippen molar-refractivity contribution in [3.05, 3.63) is 12.3 Å². The molecule has 32 heavy (non-hydrogen) atoms. The van der Waals surface area contributed by atoms with Crippen molar-refractivity contribution in [1.82, 2.24) is 4.90 Å². The average Bonchev–Trinajstić information content (AvgIpc) is 2.95. The number of methoxy groups -OCH3 is 1. The van der Waals surface area contributed by atoms with E-state index in [2.05, 4.69) is 0 Å². The number of nitrogens with zero attached hydrogens (tertiary/aromatic N) is 1. The molecule has 0 radical (unpaired) electrons. The van der Waals surface area contributed by atoms with Crippen LogP contribution in [0.4, 0.5) is 0 Å². The van der Waals surface area contributed by atoms with Gasteiger partial charge in [0.25, 0.3) is 0 Å². The third kappa shape index (κ3) is 5.45. The monoisotopic (exact) mass is 476 g/mol. The first-order valence-corrected chi connectivity index (χ1v) is 11.7. The van der Waals surface area contributed by atoms with Crippen LogP contribution >= 0.6 is 7.82 Å². The number of phosphoric ester groups is 1. The van der Waals surface area contributed by atoms with E-state index >= 15 is 0 Å². The minimum atomic E-state index is -4.06. The van der Waals surface area contributed by atoms with Crippen molar-refractivity contribution >= 4 is 25.5 Å². The summed E-state index contributed by atoms with van der Waals surface area (Å²) in [5.74, 6) is -1.27. The highest BCUT2D eigenvalue weighted by atomic mass is 31.2. The molecule has 1 amide bonds. The van der Waals surface area contributed by atoms with Gasteiger partial charge < -0.3 is 19.9 Å². The summed E-state index contributed by atoms with van der Waals surface area (Å²) in [7, 11) is -2.68. The first kappa shape index (κ1) is 25.0. The maximum Gasteiger partial charge on any atom is 0.475 e. The number of carbonyl (C=O) groups is 3. The number of ketones is 1. The van der Waals surface area contributed by atoms with Crippen LogP contribution in [-0.4, -0.2) is 79.1 Å². The van der Waals surface area contributed by atoms with Crippen LogP contribution in [0.3, 0.4) is 0 Å². The number of allylic oxidation sites excluding steroid dienone is 1. The van der Waals surface area contributed by atoms with Crippen molar-refractivity contribution in [1.29, 1.82) is 0 Å². The molecule has 0 unspecified atom stereocenters. The fourth-order valence-corrected chi connectivity index (χ4v) is 5.15. The Balaban J connectivity index is 1.64. The topological polar surface area (TPSA) is 153 Å². The van der Waals surface area contributed by atoms with Gasteiger partial charge in [-0.2, -0.15) is 0 Å². The second-order valence-corrected chi connectivity index (χ2v) is 9.94. The normalized spacial score (nSPS) is 35.8. The number of hydrogen-bond donors (Lipinski definition) is 1. The molecule has 180 valence electrons. The zero-order chi connectivity index (χ0) is 23.7. The second kappa shape index (κ2) is 9.68. The zero-order valence-corrected chi connectivity index (χ0v) is 19.3. The molecule has 0 aromatic heterocycles. The van der Waals surface area contributed by atoms with E-state index in [1.165, 1.54) is 24.3 Å². The van der Waals surface area contributed by atoms with Crippen molar-refractivity contribution in [2.24, 2.45) is 5.73 Å². The molecule has 0 spiro atoms. The van der Waals surface area contributed by atoms with Gasteiger partial charge in [0.15, 0.2) is 12.0 Å². The number of nitrogens with two attached hydrogens (primary N) is 1. The van der Waals surface area contributed by atoms with Crippen molar-refractivity contribution in [2.45, 2.75) is 69.8 Å². The number of fused-ring (bicyclic) bond motifs is 1. The first-order chi connectivity index (χ1) is 14.9. The second-order valence-electron chi connectivity index (χ2n) is 8.32. The Labute approximate surface area is 185 Å². The molecule has 12 nitrogen and oxygen atoms in total. The van der Waals surface area contributed by atoms with Crippen LogP contribution in [0.2, 0.25) is 0 Å². The third-order valence-electron chi connectivity index (χ3n) is 5.23. The Kier molecular flexibility index (Phi) is 7.55. The minimum absolute atomic E-state index is 0.108. The number of ether oxygens (including phenoxy) is 3. The van der Waals surface area contributed by atoms with Gasteiger partial charge in [0, 0.05) is 13.3 Å². The van der Waals surface area contributed by atoms with Crippen LogP contribution < -0.4 is 5.73 Å². The van der Waals surface area contributed by atoms with Gasteiger partial charge in [0.1, 0.15) is 12.2 Å². The van der Waals surface area contributed by atoms with Gasteiger partial charge in [-0.05, 0) is 26.8 Å². The summed E-state index contributed by atoms with van der Waals surface area (Å²) in [6, 6.07) is 0. The number of hydrogen-bond acceptors (Lipinski definition) is 11. The van der Waals surface area contributed by atoms with Crippen LogP contribution in [0, 0.1) is 0 Å². The van der Waals surface area contributed by atoms with Gasteiger partial charge in [0.05, 0.1) is 43.8 Å². The van der Waals surface area contributed by atoms with E-state index in [1.54, 1.807) is 20.8 Å². The molecule has 3 rings (SSSR count). The van der Waals surface area contributed by atoms with Crippen molar-refractivity contribution < 1.29 is 46.7 Å². The van der Waals surface area contributed by atoms with Crippen LogP contribution in [-0.2, 0) is 46.7 Å². The predicted molar refractivity (Wildman–Crippen MR) is 108 cm³/mol. The highest BCUT2D eigenvalue weighted by molar-refractivity contribution is 7.48. The largest absolute Gasteiger partial charge is 0.475 e. The number of carbonyl (C=O) groups excluding carboxylic acids is 3. The molecule has 0 aromatic carbocycles. The first-order valence-electron chi connectivity index (χ1n) is 10.2. The standard InChI is InChI=1S/C19H29N2O10P/c1-11(2)29-16(24)8-13(26-4)9-27-32(25)28-10-14-17(31-32)19(3,20)18(30-14)21-6-5-12(22)7-15(21)23/h5-6,11,13-14,17-18H,7-10,20H2,1-4H3/t13-,14-,17-,18-,19-,32-/m1/s1. The highest BCUT2D eigenvalue weighted by Crippen LogP contribution is 2.57. The van der Waals surface area contributed by atoms with Gasteiger partial charge in [-0.15, -0.1) is 0 Å². The summed E-state index contributed by atoms with van der Waals surface area (Å²) in [5.41, 5.74) is 5.16. The summed E-state index contributed by atoms with van der Waals surface area (Å²) in [5, 5.41) is 0. The van der Waals surface area contributed by atoms with Crippen LogP contribution in [0.15, 0.2) is 12.3 Å². The van der Waals surface area contributed by atoms with E-state index in [4.69, 9.17) is 33.5 Å². The van der Waals surface area contributed by atoms with Gasteiger partial charge in [0.2, 0.25) is 5.91 Å². The molecule has 0 aromatic rings. The Morgan fingerprint density at radius 3 is 2.75 bits per heavy atom. The van der Waals surface area contributed by atoms with Gasteiger partial charge >= 0.3 is 13.8 Å². The highest BCUT2D eigenvalue weighted by Gasteiger charge is 2.60. The molecule has 3 heterocycles. The molecule has 2 saturated heterocycles. The van der Waals surface area contributed by atoms with E-state index in [0.29, 0.717) is 0 Å². The third-order valence-corrected chi connectivity index (χ3v) is 6.64. The summed E-state index contributed by atoms with van der Waals surface area (Å²) in [4.78, 5) is 36.8. The smallest absolute Gasteiger partial charge is 0.463 e. The lowest BCUT2D eigenvalue weighted by Gasteiger charge is -2.38. The van der Waals surface area contributed by atoms with Gasteiger partial charge in [-0.3, -0.25) is 32.9 Å². The molecule has 13 heteroatoms. The Morgan fingerprint density at radius 1 is 1.41 bits per heavy atom.